The van der Waals surface area contributed by atoms with Crippen molar-refractivity contribution in [1.82, 2.24) is 0 Å². The maximum absolute atomic E-state index is 12.7. The molecule has 1 heterocycles. The van der Waals surface area contributed by atoms with Gasteiger partial charge < -0.3 is 15.2 Å². The van der Waals surface area contributed by atoms with Crippen LogP contribution in [-0.4, -0.2) is 24.2 Å². The van der Waals surface area contributed by atoms with Crippen LogP contribution in [0.2, 0.25) is 0 Å². The summed E-state index contributed by atoms with van der Waals surface area (Å²) in [7, 11) is 0. The van der Waals surface area contributed by atoms with E-state index in [1.54, 1.807) is 12.1 Å². The highest BCUT2D eigenvalue weighted by molar-refractivity contribution is 5.80. The summed E-state index contributed by atoms with van der Waals surface area (Å²) >= 11 is 0. The molecule has 2 rings (SSSR count). The maximum atomic E-state index is 12.7. The summed E-state index contributed by atoms with van der Waals surface area (Å²) in [5.74, 6) is -2.38. The zero-order valence-corrected chi connectivity index (χ0v) is 11.8. The lowest BCUT2D eigenvalue weighted by Crippen LogP contribution is -2.39. The van der Waals surface area contributed by atoms with Crippen LogP contribution in [0.15, 0.2) is 18.2 Å². The van der Waals surface area contributed by atoms with Crippen molar-refractivity contribution in [2.75, 3.05) is 6.61 Å². The van der Waals surface area contributed by atoms with Gasteiger partial charge in [0, 0.05) is 12.0 Å². The molecule has 1 atom stereocenters. The number of amidine groups is 1. The molecule has 0 saturated heterocycles. The van der Waals surface area contributed by atoms with Crippen molar-refractivity contribution < 1.29 is 22.6 Å². The number of ether oxygens (including phenoxy) is 2. The van der Waals surface area contributed by atoms with Crippen LogP contribution in [0.3, 0.4) is 0 Å². The molecule has 7 heteroatoms. The number of para-hydroxylation sites is 1. The van der Waals surface area contributed by atoms with Crippen LogP contribution in [0.25, 0.3) is 0 Å². The van der Waals surface area contributed by atoms with Crippen LogP contribution in [0.4, 0.5) is 13.2 Å². The van der Waals surface area contributed by atoms with Crippen LogP contribution >= 0.6 is 0 Å². The summed E-state index contributed by atoms with van der Waals surface area (Å²) < 4.78 is 49.2. The number of hydrogen-bond acceptors (Lipinski definition) is 3. The summed E-state index contributed by atoms with van der Waals surface area (Å²) in [6.07, 6.45) is -3.95. The maximum Gasteiger partial charge on any atom is 0.401 e. The van der Waals surface area contributed by atoms with E-state index in [9.17, 15) is 13.2 Å². The van der Waals surface area contributed by atoms with Gasteiger partial charge in [-0.2, -0.15) is 13.2 Å². The third-order valence-electron chi connectivity index (χ3n) is 3.23. The van der Waals surface area contributed by atoms with Crippen LogP contribution < -0.4 is 15.2 Å². The lowest BCUT2D eigenvalue weighted by Gasteiger charge is -2.21. The van der Waals surface area contributed by atoms with E-state index in [0.717, 1.165) is 5.56 Å². The molecule has 0 aromatic heterocycles. The Labute approximate surface area is 120 Å². The largest absolute Gasteiger partial charge is 0.489 e. The first-order chi connectivity index (χ1) is 9.60. The Bertz CT molecular complexity index is 556. The fourth-order valence-corrected chi connectivity index (χ4v) is 2.23. The highest BCUT2D eigenvalue weighted by Crippen LogP contribution is 2.42. The second kappa shape index (κ2) is 5.13. The summed E-state index contributed by atoms with van der Waals surface area (Å²) in [5.41, 5.74) is 5.48. The Kier molecular flexibility index (Phi) is 3.78. The molecule has 0 aliphatic carbocycles. The van der Waals surface area contributed by atoms with Gasteiger partial charge in [-0.3, -0.25) is 5.41 Å². The Morgan fingerprint density at radius 1 is 1.48 bits per heavy atom. The molecule has 0 spiro atoms. The predicted molar refractivity (Wildman–Crippen MR) is 71.8 cm³/mol. The molecular formula is C14H17F3N2O2. The molecule has 116 valence electrons. The summed E-state index contributed by atoms with van der Waals surface area (Å²) in [6.45, 7) is 3.05. The van der Waals surface area contributed by atoms with E-state index in [0.29, 0.717) is 12.2 Å². The average molecular weight is 302 g/mol. The first-order valence-corrected chi connectivity index (χ1v) is 6.44. The van der Waals surface area contributed by atoms with Gasteiger partial charge in [-0.15, -0.1) is 0 Å². The van der Waals surface area contributed by atoms with Crippen molar-refractivity contribution in [3.05, 3.63) is 23.8 Å². The average Bonchev–Trinajstić information content (AvgIpc) is 2.61. The SMILES string of the molecule is CC1(C)Cc2cccc(OCC(C(=N)N)C(F)(F)F)c2O1. The second-order valence-corrected chi connectivity index (χ2v) is 5.64. The fourth-order valence-electron chi connectivity index (χ4n) is 2.23. The summed E-state index contributed by atoms with van der Waals surface area (Å²) in [4.78, 5) is 0. The minimum Gasteiger partial charge on any atom is -0.489 e. The number of halogens is 3. The second-order valence-electron chi connectivity index (χ2n) is 5.64. The van der Waals surface area contributed by atoms with Gasteiger partial charge in [0.15, 0.2) is 11.5 Å². The number of alkyl halides is 3. The van der Waals surface area contributed by atoms with E-state index in [-0.39, 0.29) is 5.75 Å². The van der Waals surface area contributed by atoms with Gasteiger partial charge in [-0.05, 0) is 19.9 Å². The van der Waals surface area contributed by atoms with Gasteiger partial charge in [0.05, 0.1) is 0 Å². The summed E-state index contributed by atoms with van der Waals surface area (Å²) in [6, 6.07) is 5.10. The molecule has 1 unspecified atom stereocenters. The highest BCUT2D eigenvalue weighted by atomic mass is 19.4. The van der Waals surface area contributed by atoms with Crippen LogP contribution in [0.1, 0.15) is 19.4 Å². The molecule has 0 bridgehead atoms. The van der Waals surface area contributed by atoms with Gasteiger partial charge in [0.2, 0.25) is 0 Å². The molecule has 0 saturated carbocycles. The molecule has 1 aromatic rings. The molecular weight excluding hydrogens is 285 g/mol. The number of fused-ring (bicyclic) bond motifs is 1. The Balaban J connectivity index is 2.16. The molecule has 0 radical (unpaired) electrons. The Hall–Kier alpha value is -1.92. The normalized spacial score (nSPS) is 17.8. The molecule has 0 amide bonds. The Morgan fingerprint density at radius 2 is 2.14 bits per heavy atom. The monoisotopic (exact) mass is 302 g/mol. The van der Waals surface area contributed by atoms with Crippen LogP contribution in [0.5, 0.6) is 11.5 Å². The van der Waals surface area contributed by atoms with Crippen molar-refractivity contribution in [2.45, 2.75) is 32.0 Å². The minimum absolute atomic E-state index is 0.244. The fraction of sp³-hybridized carbons (Fsp3) is 0.500. The topological polar surface area (TPSA) is 68.3 Å². The van der Waals surface area contributed by atoms with Crippen molar-refractivity contribution in [2.24, 2.45) is 11.7 Å². The summed E-state index contributed by atoms with van der Waals surface area (Å²) in [5, 5.41) is 7.04. The third kappa shape index (κ3) is 3.40. The zero-order chi connectivity index (χ0) is 15.8. The van der Waals surface area contributed by atoms with Crippen molar-refractivity contribution >= 4 is 5.84 Å². The number of benzene rings is 1. The molecule has 21 heavy (non-hydrogen) atoms. The lowest BCUT2D eigenvalue weighted by molar-refractivity contribution is -0.162. The molecule has 1 aromatic carbocycles. The third-order valence-corrected chi connectivity index (χ3v) is 3.23. The zero-order valence-electron chi connectivity index (χ0n) is 11.8. The first kappa shape index (κ1) is 15.5. The van der Waals surface area contributed by atoms with Crippen molar-refractivity contribution in [3.63, 3.8) is 0 Å². The molecule has 1 aliphatic rings. The standard InChI is InChI=1S/C14H17F3N2O2/c1-13(2)6-8-4-3-5-10(11(8)21-13)20-7-9(12(18)19)14(15,16)17/h3-5,9H,6-7H2,1-2H3,(H3,18,19). The minimum atomic E-state index is -4.61. The predicted octanol–water partition coefficient (Wildman–Crippen LogP) is 2.89. The number of hydrogen-bond donors (Lipinski definition) is 2. The van der Waals surface area contributed by atoms with E-state index in [1.807, 2.05) is 19.9 Å². The molecule has 0 fully saturated rings. The highest BCUT2D eigenvalue weighted by Gasteiger charge is 2.43. The smallest absolute Gasteiger partial charge is 0.401 e. The van der Waals surface area contributed by atoms with Gasteiger partial charge in [-0.25, -0.2) is 0 Å². The van der Waals surface area contributed by atoms with E-state index in [1.165, 1.54) is 0 Å². The number of nitrogens with two attached hydrogens (primary N) is 1. The van der Waals surface area contributed by atoms with Gasteiger partial charge >= 0.3 is 6.18 Å². The van der Waals surface area contributed by atoms with Gasteiger partial charge in [0.1, 0.15) is 24.0 Å². The van der Waals surface area contributed by atoms with E-state index in [4.69, 9.17) is 20.6 Å². The quantitative estimate of drug-likeness (QED) is 0.664. The number of nitrogens with one attached hydrogen (secondary N) is 1. The van der Waals surface area contributed by atoms with Gasteiger partial charge in [-0.1, -0.05) is 12.1 Å². The van der Waals surface area contributed by atoms with Crippen molar-refractivity contribution in [3.8, 4) is 11.5 Å². The van der Waals surface area contributed by atoms with E-state index >= 15 is 0 Å². The molecule has 4 nitrogen and oxygen atoms in total. The first-order valence-electron chi connectivity index (χ1n) is 6.44. The lowest BCUT2D eigenvalue weighted by atomic mass is 10.0. The number of rotatable bonds is 4. The van der Waals surface area contributed by atoms with E-state index in [2.05, 4.69) is 0 Å². The van der Waals surface area contributed by atoms with Gasteiger partial charge in [0.25, 0.3) is 0 Å². The molecule has 3 N–H and O–H groups in total. The van der Waals surface area contributed by atoms with Crippen molar-refractivity contribution in [1.29, 1.82) is 5.41 Å². The van der Waals surface area contributed by atoms with Crippen LogP contribution in [0, 0.1) is 11.3 Å². The molecule has 1 aliphatic heterocycles. The Morgan fingerprint density at radius 3 is 2.71 bits per heavy atom. The van der Waals surface area contributed by atoms with Crippen LogP contribution in [-0.2, 0) is 6.42 Å². The van der Waals surface area contributed by atoms with E-state index < -0.39 is 30.1 Å².